The lowest BCUT2D eigenvalue weighted by atomic mass is 9.94. The zero-order chi connectivity index (χ0) is 13.3. The third-order valence-electron chi connectivity index (χ3n) is 3.65. The van der Waals surface area contributed by atoms with Crippen LogP contribution in [-0.2, 0) is 6.42 Å². The predicted octanol–water partition coefficient (Wildman–Crippen LogP) is 2.37. The van der Waals surface area contributed by atoms with E-state index >= 15 is 0 Å². The summed E-state index contributed by atoms with van der Waals surface area (Å²) in [5, 5.41) is 2.93. The molecule has 1 atom stereocenters. The molecule has 0 fully saturated rings. The standard InChI is InChI=1S/C14H20N2O2/c1-4-8(2)15-14(18)13-9(3)12-10(16-13)6-5-7-11(12)17/h8,16H,4-7H2,1-3H3,(H,15,18)/t8-/m0/s1. The van der Waals surface area contributed by atoms with E-state index in [1.54, 1.807) is 0 Å². The summed E-state index contributed by atoms with van der Waals surface area (Å²) in [6, 6.07) is 0.146. The van der Waals surface area contributed by atoms with E-state index in [2.05, 4.69) is 10.3 Å². The zero-order valence-corrected chi connectivity index (χ0v) is 11.2. The maximum Gasteiger partial charge on any atom is 0.268 e. The van der Waals surface area contributed by atoms with Crippen molar-refractivity contribution in [1.82, 2.24) is 10.3 Å². The van der Waals surface area contributed by atoms with Crippen LogP contribution in [-0.4, -0.2) is 22.7 Å². The molecule has 1 aromatic heterocycles. The van der Waals surface area contributed by atoms with Crippen LogP contribution >= 0.6 is 0 Å². The third-order valence-corrected chi connectivity index (χ3v) is 3.65. The van der Waals surface area contributed by atoms with Crippen LogP contribution in [0.1, 0.15) is 65.2 Å². The number of aryl methyl sites for hydroxylation is 1. The molecule has 0 bridgehead atoms. The van der Waals surface area contributed by atoms with Crippen LogP contribution in [0.2, 0.25) is 0 Å². The Morgan fingerprint density at radius 3 is 2.78 bits per heavy atom. The zero-order valence-electron chi connectivity index (χ0n) is 11.2. The Balaban J connectivity index is 2.30. The second-order valence-electron chi connectivity index (χ2n) is 5.04. The van der Waals surface area contributed by atoms with Crippen LogP contribution in [0.4, 0.5) is 0 Å². The van der Waals surface area contributed by atoms with E-state index in [0.717, 1.165) is 36.1 Å². The van der Waals surface area contributed by atoms with E-state index < -0.39 is 0 Å². The second kappa shape index (κ2) is 4.96. The summed E-state index contributed by atoms with van der Waals surface area (Å²) < 4.78 is 0. The minimum Gasteiger partial charge on any atom is -0.354 e. The number of nitrogens with one attached hydrogen (secondary N) is 2. The average Bonchev–Trinajstić information content (AvgIpc) is 2.68. The Kier molecular flexibility index (Phi) is 3.55. The molecule has 2 rings (SSSR count). The molecule has 1 aliphatic rings. The molecule has 0 aromatic carbocycles. The van der Waals surface area contributed by atoms with Gasteiger partial charge in [0.2, 0.25) is 0 Å². The van der Waals surface area contributed by atoms with Crippen molar-refractivity contribution in [2.45, 2.75) is 52.5 Å². The fourth-order valence-corrected chi connectivity index (χ4v) is 2.40. The molecule has 0 aliphatic heterocycles. The average molecular weight is 248 g/mol. The number of carbonyl (C=O) groups is 2. The molecule has 0 saturated heterocycles. The molecule has 1 amide bonds. The lowest BCUT2D eigenvalue weighted by Crippen LogP contribution is -2.32. The number of ketones is 1. The van der Waals surface area contributed by atoms with Crippen molar-refractivity contribution in [3.05, 3.63) is 22.5 Å². The van der Waals surface area contributed by atoms with E-state index in [1.165, 1.54) is 0 Å². The van der Waals surface area contributed by atoms with Gasteiger partial charge in [0.05, 0.1) is 0 Å². The number of H-pyrrole nitrogens is 1. The summed E-state index contributed by atoms with van der Waals surface area (Å²) in [5.41, 5.74) is 3.03. The Morgan fingerprint density at radius 1 is 1.44 bits per heavy atom. The van der Waals surface area contributed by atoms with Crippen molar-refractivity contribution in [3.63, 3.8) is 0 Å². The van der Waals surface area contributed by atoms with E-state index in [0.29, 0.717) is 12.1 Å². The van der Waals surface area contributed by atoms with E-state index in [4.69, 9.17) is 0 Å². The molecule has 1 heterocycles. The van der Waals surface area contributed by atoms with Gasteiger partial charge in [-0.1, -0.05) is 6.92 Å². The summed E-state index contributed by atoms with van der Waals surface area (Å²) >= 11 is 0. The number of carbonyl (C=O) groups excluding carboxylic acids is 2. The Bertz CT molecular complexity index is 488. The van der Waals surface area contributed by atoms with Crippen molar-refractivity contribution < 1.29 is 9.59 Å². The molecule has 0 spiro atoms. The van der Waals surface area contributed by atoms with Gasteiger partial charge in [0.1, 0.15) is 5.69 Å². The highest BCUT2D eigenvalue weighted by Gasteiger charge is 2.26. The molecule has 18 heavy (non-hydrogen) atoms. The monoisotopic (exact) mass is 248 g/mol. The van der Waals surface area contributed by atoms with Crippen LogP contribution in [0, 0.1) is 6.92 Å². The van der Waals surface area contributed by atoms with Crippen molar-refractivity contribution in [2.24, 2.45) is 0 Å². The largest absolute Gasteiger partial charge is 0.354 e. The Hall–Kier alpha value is -1.58. The van der Waals surface area contributed by atoms with Crippen LogP contribution in [0.5, 0.6) is 0 Å². The van der Waals surface area contributed by atoms with Gasteiger partial charge in [-0.3, -0.25) is 9.59 Å². The topological polar surface area (TPSA) is 62.0 Å². The first-order valence-electron chi connectivity index (χ1n) is 6.60. The molecule has 0 saturated carbocycles. The van der Waals surface area contributed by atoms with E-state index in [1.807, 2.05) is 20.8 Å². The smallest absolute Gasteiger partial charge is 0.268 e. The highest BCUT2D eigenvalue weighted by molar-refractivity contribution is 6.04. The van der Waals surface area contributed by atoms with Gasteiger partial charge < -0.3 is 10.3 Å². The number of aromatic amines is 1. The normalized spacial score (nSPS) is 16.3. The third kappa shape index (κ3) is 2.19. The molecule has 2 N–H and O–H groups in total. The molecule has 98 valence electrons. The van der Waals surface area contributed by atoms with Crippen LogP contribution < -0.4 is 5.32 Å². The SMILES string of the molecule is CC[C@H](C)NC(=O)c1[nH]c2c(c1C)C(=O)CCC2. The summed E-state index contributed by atoms with van der Waals surface area (Å²) in [4.78, 5) is 27.1. The van der Waals surface area contributed by atoms with E-state index in [9.17, 15) is 9.59 Å². The quantitative estimate of drug-likeness (QED) is 0.862. The first kappa shape index (κ1) is 12.9. The minimum absolute atomic E-state index is 0.107. The van der Waals surface area contributed by atoms with Crippen LogP contribution in [0.25, 0.3) is 0 Å². The van der Waals surface area contributed by atoms with Gasteiger partial charge in [-0.05, 0) is 38.7 Å². The van der Waals surface area contributed by atoms with Crippen LogP contribution in [0.15, 0.2) is 0 Å². The lowest BCUT2D eigenvalue weighted by Gasteiger charge is -2.11. The number of fused-ring (bicyclic) bond motifs is 1. The number of amides is 1. The first-order valence-corrected chi connectivity index (χ1v) is 6.60. The van der Waals surface area contributed by atoms with Gasteiger partial charge in [-0.25, -0.2) is 0 Å². The molecule has 4 heteroatoms. The molecule has 1 aliphatic carbocycles. The van der Waals surface area contributed by atoms with Crippen molar-refractivity contribution in [2.75, 3.05) is 0 Å². The number of hydrogen-bond acceptors (Lipinski definition) is 2. The molecule has 0 unspecified atom stereocenters. The Labute approximate surface area is 107 Å². The van der Waals surface area contributed by atoms with Crippen molar-refractivity contribution >= 4 is 11.7 Å². The minimum atomic E-state index is -0.107. The van der Waals surface area contributed by atoms with E-state index in [-0.39, 0.29) is 17.7 Å². The Morgan fingerprint density at radius 2 is 2.17 bits per heavy atom. The summed E-state index contributed by atoms with van der Waals surface area (Å²) in [7, 11) is 0. The fraction of sp³-hybridized carbons (Fsp3) is 0.571. The molecular weight excluding hydrogens is 228 g/mol. The lowest BCUT2D eigenvalue weighted by molar-refractivity contribution is 0.0933. The molecule has 4 nitrogen and oxygen atoms in total. The van der Waals surface area contributed by atoms with Crippen molar-refractivity contribution in [3.8, 4) is 0 Å². The second-order valence-corrected chi connectivity index (χ2v) is 5.04. The van der Waals surface area contributed by atoms with Gasteiger partial charge in [0.25, 0.3) is 5.91 Å². The van der Waals surface area contributed by atoms with Gasteiger partial charge in [0.15, 0.2) is 5.78 Å². The van der Waals surface area contributed by atoms with Gasteiger partial charge in [-0.15, -0.1) is 0 Å². The summed E-state index contributed by atoms with van der Waals surface area (Å²) in [6.45, 7) is 5.85. The number of aromatic nitrogens is 1. The van der Waals surface area contributed by atoms with Gasteiger partial charge >= 0.3 is 0 Å². The van der Waals surface area contributed by atoms with Crippen LogP contribution in [0.3, 0.4) is 0 Å². The van der Waals surface area contributed by atoms with Gasteiger partial charge in [0, 0.05) is 23.7 Å². The fourth-order valence-electron chi connectivity index (χ4n) is 2.40. The predicted molar refractivity (Wildman–Crippen MR) is 70.0 cm³/mol. The molecule has 0 radical (unpaired) electrons. The highest BCUT2D eigenvalue weighted by atomic mass is 16.2. The maximum atomic E-state index is 12.1. The highest BCUT2D eigenvalue weighted by Crippen LogP contribution is 2.26. The maximum absolute atomic E-state index is 12.1. The van der Waals surface area contributed by atoms with Gasteiger partial charge in [-0.2, -0.15) is 0 Å². The number of rotatable bonds is 3. The molecular formula is C14H20N2O2. The summed E-state index contributed by atoms with van der Waals surface area (Å²) in [5.74, 6) is 0.0524. The summed E-state index contributed by atoms with van der Waals surface area (Å²) in [6.07, 6.45) is 3.22. The van der Waals surface area contributed by atoms with Crippen molar-refractivity contribution in [1.29, 1.82) is 0 Å². The number of hydrogen-bond donors (Lipinski definition) is 2. The number of Topliss-reactive ketones (excluding diaryl/α,β-unsaturated/α-hetero) is 1. The molecule has 1 aromatic rings. The first-order chi connectivity index (χ1) is 8.54.